The van der Waals surface area contributed by atoms with Gasteiger partial charge in [-0.25, -0.2) is 0 Å². The van der Waals surface area contributed by atoms with Gasteiger partial charge in [-0.15, -0.1) is 0 Å². The Kier molecular flexibility index (Phi) is 5.22. The number of hydrogen-bond acceptors (Lipinski definition) is 2. The van der Waals surface area contributed by atoms with Crippen molar-refractivity contribution in [3.63, 3.8) is 0 Å². The fraction of sp³-hybridized carbons (Fsp3) is 0.350. The minimum atomic E-state index is -0.515. The molecule has 0 aromatic heterocycles. The van der Waals surface area contributed by atoms with Crippen molar-refractivity contribution in [1.82, 2.24) is 0 Å². The zero-order valence-corrected chi connectivity index (χ0v) is 13.5. The van der Waals surface area contributed by atoms with E-state index < -0.39 is 5.41 Å². The first-order chi connectivity index (χ1) is 10.5. The Bertz CT molecular complexity index is 625. The van der Waals surface area contributed by atoms with E-state index in [0.717, 1.165) is 11.3 Å². The minimum absolute atomic E-state index is 0.515. The van der Waals surface area contributed by atoms with Crippen molar-refractivity contribution in [3.05, 3.63) is 65.7 Å². The maximum atomic E-state index is 9.53. The number of ether oxygens (including phenoxy) is 1. The van der Waals surface area contributed by atoms with E-state index in [2.05, 4.69) is 32.0 Å². The maximum absolute atomic E-state index is 9.53. The standard InChI is InChI=1S/C20H23NO/c1-16(2)17-9-11-19(12-10-17)22-14-13-20(3,15-21)18-7-5-4-6-8-18/h4-12,16H,13-14H2,1-3H3. The molecule has 0 fully saturated rings. The van der Waals surface area contributed by atoms with Crippen molar-refractivity contribution in [2.45, 2.75) is 38.5 Å². The number of nitrogens with zero attached hydrogens (tertiary/aromatic N) is 1. The number of rotatable bonds is 6. The highest BCUT2D eigenvalue weighted by Gasteiger charge is 2.26. The number of hydrogen-bond donors (Lipinski definition) is 0. The summed E-state index contributed by atoms with van der Waals surface area (Å²) in [7, 11) is 0. The Hall–Kier alpha value is -2.27. The summed E-state index contributed by atoms with van der Waals surface area (Å²) < 4.78 is 5.81. The van der Waals surface area contributed by atoms with Crippen molar-refractivity contribution >= 4 is 0 Å². The van der Waals surface area contributed by atoms with Crippen LogP contribution in [0, 0.1) is 11.3 Å². The predicted molar refractivity (Wildman–Crippen MR) is 90.1 cm³/mol. The first-order valence-corrected chi connectivity index (χ1v) is 7.75. The van der Waals surface area contributed by atoms with Crippen molar-refractivity contribution in [1.29, 1.82) is 5.26 Å². The van der Waals surface area contributed by atoms with Crippen LogP contribution in [-0.2, 0) is 5.41 Å². The van der Waals surface area contributed by atoms with Gasteiger partial charge in [0, 0.05) is 6.42 Å². The monoisotopic (exact) mass is 293 g/mol. The second-order valence-corrected chi connectivity index (χ2v) is 6.13. The summed E-state index contributed by atoms with van der Waals surface area (Å²) in [5.41, 5.74) is 1.83. The molecule has 1 unspecified atom stereocenters. The molecule has 0 saturated carbocycles. The molecule has 22 heavy (non-hydrogen) atoms. The average Bonchev–Trinajstić information content (AvgIpc) is 2.56. The SMILES string of the molecule is CC(C)c1ccc(OCCC(C)(C#N)c2ccccc2)cc1. The Morgan fingerprint density at radius 2 is 1.68 bits per heavy atom. The summed E-state index contributed by atoms with van der Waals surface area (Å²) in [6.07, 6.45) is 0.666. The number of nitriles is 1. The summed E-state index contributed by atoms with van der Waals surface area (Å²) in [6.45, 7) is 6.84. The molecule has 0 spiro atoms. The largest absolute Gasteiger partial charge is 0.494 e. The molecule has 114 valence electrons. The molecule has 0 heterocycles. The molecule has 0 radical (unpaired) electrons. The van der Waals surface area contributed by atoms with Gasteiger partial charge in [0.05, 0.1) is 18.1 Å². The normalized spacial score (nSPS) is 13.4. The Balaban J connectivity index is 1.96. The third-order valence-electron chi connectivity index (χ3n) is 4.08. The van der Waals surface area contributed by atoms with E-state index in [1.165, 1.54) is 5.56 Å². The zero-order valence-electron chi connectivity index (χ0n) is 13.5. The van der Waals surface area contributed by atoms with Crippen LogP contribution in [0.5, 0.6) is 5.75 Å². The van der Waals surface area contributed by atoms with E-state index in [-0.39, 0.29) is 0 Å². The lowest BCUT2D eigenvalue weighted by Gasteiger charge is -2.22. The van der Waals surface area contributed by atoms with Gasteiger partial charge in [0.25, 0.3) is 0 Å². The minimum Gasteiger partial charge on any atom is -0.494 e. The molecule has 2 nitrogen and oxygen atoms in total. The van der Waals surface area contributed by atoms with Gasteiger partial charge in [-0.05, 0) is 36.1 Å². The van der Waals surface area contributed by atoms with Gasteiger partial charge in [-0.2, -0.15) is 5.26 Å². The molecular weight excluding hydrogens is 270 g/mol. The lowest BCUT2D eigenvalue weighted by atomic mass is 9.81. The van der Waals surface area contributed by atoms with Gasteiger partial charge in [-0.3, -0.25) is 0 Å². The highest BCUT2D eigenvalue weighted by Crippen LogP contribution is 2.27. The first-order valence-electron chi connectivity index (χ1n) is 7.75. The molecule has 1 atom stereocenters. The summed E-state index contributed by atoms with van der Waals surface area (Å²) in [4.78, 5) is 0. The molecular formula is C20H23NO. The lowest BCUT2D eigenvalue weighted by molar-refractivity contribution is 0.285. The highest BCUT2D eigenvalue weighted by molar-refractivity contribution is 5.31. The van der Waals surface area contributed by atoms with Gasteiger partial charge in [0.1, 0.15) is 5.75 Å². The molecule has 0 bridgehead atoms. The fourth-order valence-electron chi connectivity index (χ4n) is 2.39. The van der Waals surface area contributed by atoms with Crippen LogP contribution in [0.2, 0.25) is 0 Å². The molecule has 0 aliphatic heterocycles. The summed E-state index contributed by atoms with van der Waals surface area (Å²) >= 11 is 0. The summed E-state index contributed by atoms with van der Waals surface area (Å²) in [5.74, 6) is 1.38. The number of benzene rings is 2. The topological polar surface area (TPSA) is 33.0 Å². The van der Waals surface area contributed by atoms with E-state index in [1.54, 1.807) is 0 Å². The Morgan fingerprint density at radius 1 is 1.05 bits per heavy atom. The van der Waals surface area contributed by atoms with E-state index in [4.69, 9.17) is 4.74 Å². The van der Waals surface area contributed by atoms with Gasteiger partial charge in [0.2, 0.25) is 0 Å². The van der Waals surface area contributed by atoms with Gasteiger partial charge >= 0.3 is 0 Å². The van der Waals surface area contributed by atoms with Crippen molar-refractivity contribution in [3.8, 4) is 11.8 Å². The molecule has 2 heteroatoms. The van der Waals surface area contributed by atoms with Crippen LogP contribution in [-0.4, -0.2) is 6.61 Å². The third-order valence-corrected chi connectivity index (χ3v) is 4.08. The van der Waals surface area contributed by atoms with E-state index in [9.17, 15) is 5.26 Å². The first kappa shape index (κ1) is 16.1. The second-order valence-electron chi connectivity index (χ2n) is 6.13. The van der Waals surface area contributed by atoms with E-state index in [0.29, 0.717) is 18.9 Å². The average molecular weight is 293 g/mol. The highest BCUT2D eigenvalue weighted by atomic mass is 16.5. The van der Waals surface area contributed by atoms with Crippen molar-refractivity contribution < 1.29 is 4.74 Å². The van der Waals surface area contributed by atoms with Crippen LogP contribution in [0.3, 0.4) is 0 Å². The van der Waals surface area contributed by atoms with E-state index in [1.807, 2.05) is 49.4 Å². The van der Waals surface area contributed by atoms with Crippen LogP contribution in [0.4, 0.5) is 0 Å². The second kappa shape index (κ2) is 7.13. The quantitative estimate of drug-likeness (QED) is 0.745. The fourth-order valence-corrected chi connectivity index (χ4v) is 2.39. The molecule has 0 amide bonds. The van der Waals surface area contributed by atoms with Crippen LogP contribution in [0.15, 0.2) is 54.6 Å². The van der Waals surface area contributed by atoms with Crippen LogP contribution in [0.1, 0.15) is 44.2 Å². The van der Waals surface area contributed by atoms with Crippen LogP contribution < -0.4 is 4.74 Å². The van der Waals surface area contributed by atoms with Gasteiger partial charge in [0.15, 0.2) is 0 Å². The van der Waals surface area contributed by atoms with Gasteiger partial charge in [-0.1, -0.05) is 56.3 Å². The van der Waals surface area contributed by atoms with E-state index >= 15 is 0 Å². The lowest BCUT2D eigenvalue weighted by Crippen LogP contribution is -2.22. The molecule has 2 rings (SSSR count). The van der Waals surface area contributed by atoms with Gasteiger partial charge < -0.3 is 4.74 Å². The molecule has 0 aliphatic carbocycles. The summed E-state index contributed by atoms with van der Waals surface area (Å²) in [6, 6.07) is 20.5. The molecule has 0 saturated heterocycles. The Labute approximate surface area is 133 Å². The molecule has 0 N–H and O–H groups in total. The van der Waals surface area contributed by atoms with Crippen LogP contribution in [0.25, 0.3) is 0 Å². The molecule has 0 aliphatic rings. The molecule has 2 aromatic rings. The zero-order chi connectivity index (χ0) is 16.0. The van der Waals surface area contributed by atoms with Crippen molar-refractivity contribution in [2.75, 3.05) is 6.61 Å². The third kappa shape index (κ3) is 3.89. The maximum Gasteiger partial charge on any atom is 0.119 e. The predicted octanol–water partition coefficient (Wildman–Crippen LogP) is 5.06. The van der Waals surface area contributed by atoms with Crippen LogP contribution >= 0.6 is 0 Å². The molecule has 2 aromatic carbocycles. The smallest absolute Gasteiger partial charge is 0.119 e. The Morgan fingerprint density at radius 3 is 2.23 bits per heavy atom. The van der Waals surface area contributed by atoms with Crippen molar-refractivity contribution in [2.24, 2.45) is 0 Å². The summed E-state index contributed by atoms with van der Waals surface area (Å²) in [5, 5.41) is 9.53.